The molecule has 1 amide bonds. The zero-order valence-electron chi connectivity index (χ0n) is 34.0. The van der Waals surface area contributed by atoms with Crippen LogP contribution in [-0.4, -0.2) is 50.6 Å². The Morgan fingerprint density at radius 1 is 1.09 bits per heavy atom. The van der Waals surface area contributed by atoms with Crippen LogP contribution in [0.15, 0.2) is 42.4 Å². The number of carbonyl (C=O) groups is 1. The van der Waals surface area contributed by atoms with Gasteiger partial charge in [-0.05, 0) is 97.8 Å². The van der Waals surface area contributed by atoms with Gasteiger partial charge in [0.05, 0.1) is 50.5 Å². The number of halogens is 1. The van der Waals surface area contributed by atoms with Gasteiger partial charge >= 0.3 is 14.7 Å². The number of anilines is 2. The fourth-order valence-corrected chi connectivity index (χ4v) is 7.18. The zero-order valence-corrected chi connectivity index (χ0v) is 34.9. The SMILES string of the molecule is Cc1nc(F)ccc1[C@@H](/C(N)=C/N(N)C12CC1C2)N(C(=O)OCOP(OC(C)(C)C)OC(C)(C)C)c1cc(C#N)c2ncc(C#N)c(N[C@H](C)C(C)(C)C)c2c1. The van der Waals surface area contributed by atoms with Gasteiger partial charge in [0.25, 0.3) is 0 Å². The monoisotopic (exact) mass is 789 g/mol. The molecule has 2 aromatic heterocycles. The summed E-state index contributed by atoms with van der Waals surface area (Å²) in [4.78, 5) is 24.5. The molecule has 2 aliphatic carbocycles. The summed E-state index contributed by atoms with van der Waals surface area (Å²) < 4.78 is 38.3. The second-order valence-electron chi connectivity index (χ2n) is 17.5. The highest BCUT2D eigenvalue weighted by atomic mass is 31.2. The van der Waals surface area contributed by atoms with Crippen LogP contribution in [0, 0.1) is 46.9 Å². The van der Waals surface area contributed by atoms with Gasteiger partial charge < -0.3 is 29.8 Å². The molecular weight excluding hydrogens is 736 g/mol. The van der Waals surface area contributed by atoms with E-state index in [1.54, 1.807) is 24.2 Å². The van der Waals surface area contributed by atoms with Gasteiger partial charge in [-0.1, -0.05) is 26.8 Å². The van der Waals surface area contributed by atoms with Crippen LogP contribution in [0.25, 0.3) is 10.9 Å². The van der Waals surface area contributed by atoms with E-state index in [1.807, 2.05) is 48.5 Å². The highest BCUT2D eigenvalue weighted by Gasteiger charge is 2.72. The van der Waals surface area contributed by atoms with E-state index >= 15 is 0 Å². The van der Waals surface area contributed by atoms with Gasteiger partial charge in [0.15, 0.2) is 0 Å². The number of aryl methyl sites for hydroxylation is 1. The van der Waals surface area contributed by atoms with Crippen LogP contribution in [0.3, 0.4) is 0 Å². The van der Waals surface area contributed by atoms with E-state index < -0.39 is 44.7 Å². The van der Waals surface area contributed by atoms with Crippen molar-refractivity contribution in [1.82, 2.24) is 15.0 Å². The van der Waals surface area contributed by atoms with Crippen LogP contribution in [0.1, 0.15) is 111 Å². The van der Waals surface area contributed by atoms with Gasteiger partial charge in [0.2, 0.25) is 12.7 Å². The van der Waals surface area contributed by atoms with Crippen molar-refractivity contribution in [1.29, 1.82) is 10.5 Å². The van der Waals surface area contributed by atoms with Crippen molar-refractivity contribution in [3.63, 3.8) is 0 Å². The molecule has 14 nitrogen and oxygen atoms in total. The Labute approximate surface area is 329 Å². The lowest BCUT2D eigenvalue weighted by Crippen LogP contribution is -2.41. The third kappa shape index (κ3) is 9.66. The second-order valence-corrected chi connectivity index (χ2v) is 18.6. The summed E-state index contributed by atoms with van der Waals surface area (Å²) in [6.45, 7) is 20.3. The molecule has 16 heteroatoms. The molecule has 0 saturated heterocycles. The summed E-state index contributed by atoms with van der Waals surface area (Å²) >= 11 is 0. The van der Waals surface area contributed by atoms with Gasteiger partial charge in [-0.2, -0.15) is 14.9 Å². The number of nitrogens with zero attached hydrogens (tertiary/aromatic N) is 6. The standard InChI is InChI=1S/C40H53FN9O5P/c1-23-29(12-13-32(41)47-23)35(31(44)21-49(45)40-16-27(40)17-40)50(36(51)52-22-53-56(54-38(6,7)8)55-39(9,10)11)28-14-25(18-42)33-30(15-28)34(26(19-43)20-46-33)48-24(2)37(3,4)5/h12-15,20-21,24,27,35H,16-17,22,44-45H2,1-11H3,(H,46,48)/b31-21-/t24-,27?,35+,40?/m1/s1. The summed E-state index contributed by atoms with van der Waals surface area (Å²) in [7, 11) is -1.99. The average molecular weight is 790 g/mol. The molecule has 2 atom stereocenters. The van der Waals surface area contributed by atoms with Crippen LogP contribution in [-0.2, 0) is 18.3 Å². The number of ether oxygens (including phenoxy) is 1. The number of nitrogens with one attached hydrogen (secondary N) is 1. The molecule has 0 radical (unpaired) electrons. The Balaban J connectivity index is 1.69. The van der Waals surface area contributed by atoms with E-state index in [4.69, 9.17) is 29.9 Å². The second kappa shape index (κ2) is 15.7. The number of hydrogen-bond donors (Lipinski definition) is 3. The first-order valence-electron chi connectivity index (χ1n) is 18.4. The molecular formula is C40H53FN9O5P. The van der Waals surface area contributed by atoms with E-state index in [0.29, 0.717) is 28.1 Å². The van der Waals surface area contributed by atoms with Crippen molar-refractivity contribution in [2.75, 3.05) is 17.0 Å². The van der Waals surface area contributed by atoms with Crippen LogP contribution >= 0.6 is 8.60 Å². The molecule has 2 saturated carbocycles. The summed E-state index contributed by atoms with van der Waals surface area (Å²) in [5, 5.41) is 26.1. The summed E-state index contributed by atoms with van der Waals surface area (Å²) in [5.74, 6) is 6.28. The number of rotatable bonds is 13. The van der Waals surface area contributed by atoms with E-state index in [9.17, 15) is 19.7 Å². The summed E-state index contributed by atoms with van der Waals surface area (Å²) in [6.07, 6.45) is 3.88. The topological polar surface area (TPSA) is 198 Å². The maximum absolute atomic E-state index is 14.7. The number of amides is 1. The Morgan fingerprint density at radius 3 is 2.21 bits per heavy atom. The Bertz CT molecular complexity index is 2080. The fourth-order valence-electron chi connectivity index (χ4n) is 6.01. The number of fused-ring (bicyclic) bond motifs is 2. The van der Waals surface area contributed by atoms with Crippen molar-refractivity contribution in [2.45, 2.75) is 118 Å². The third-order valence-electron chi connectivity index (χ3n) is 9.77. The molecule has 2 heterocycles. The predicted octanol–water partition coefficient (Wildman–Crippen LogP) is 8.32. The molecule has 3 aromatic rings. The fraction of sp³-hybridized carbons (Fsp3) is 0.525. The van der Waals surface area contributed by atoms with Crippen LogP contribution < -0.4 is 21.8 Å². The largest absolute Gasteiger partial charge is 0.421 e. The maximum atomic E-state index is 14.7. The minimum atomic E-state index is -1.99. The van der Waals surface area contributed by atoms with E-state index in [2.05, 4.69) is 48.2 Å². The lowest BCUT2D eigenvalue weighted by molar-refractivity contribution is -0.00335. The van der Waals surface area contributed by atoms with Gasteiger partial charge in [-0.15, -0.1) is 0 Å². The number of benzene rings is 1. The molecule has 0 unspecified atom stereocenters. The van der Waals surface area contributed by atoms with Gasteiger partial charge in [-0.3, -0.25) is 14.4 Å². The first-order valence-corrected chi connectivity index (χ1v) is 19.5. The molecule has 0 aliphatic heterocycles. The number of hydrazine groups is 1. The molecule has 1 aromatic carbocycles. The highest BCUT2D eigenvalue weighted by molar-refractivity contribution is 7.41. The molecule has 0 bridgehead atoms. The number of nitrogens with two attached hydrogens (primary N) is 2. The molecule has 5 rings (SSSR count). The lowest BCUT2D eigenvalue weighted by Gasteiger charge is -2.34. The molecule has 300 valence electrons. The summed E-state index contributed by atoms with van der Waals surface area (Å²) in [6, 6.07) is 8.87. The number of carbonyl (C=O) groups excluding carboxylic acids is 1. The van der Waals surface area contributed by atoms with Gasteiger partial charge in [0, 0.05) is 35.1 Å². The first kappa shape index (κ1) is 42.5. The van der Waals surface area contributed by atoms with Crippen LogP contribution in [0.5, 0.6) is 0 Å². The van der Waals surface area contributed by atoms with Gasteiger partial charge in [-0.25, -0.2) is 15.6 Å². The quantitative estimate of drug-likeness (QED) is 0.0492. The van der Waals surface area contributed by atoms with Crippen LogP contribution in [0.2, 0.25) is 0 Å². The van der Waals surface area contributed by atoms with E-state index in [-0.39, 0.29) is 45.2 Å². The zero-order chi connectivity index (χ0) is 41.5. The van der Waals surface area contributed by atoms with Crippen molar-refractivity contribution >= 4 is 37.0 Å². The van der Waals surface area contributed by atoms with Crippen molar-refractivity contribution < 1.29 is 27.5 Å². The van der Waals surface area contributed by atoms with Crippen molar-refractivity contribution in [3.05, 3.63) is 70.7 Å². The average Bonchev–Trinajstić information content (AvgIpc) is 3.97. The number of hydrogen-bond acceptors (Lipinski definition) is 13. The maximum Gasteiger partial charge on any atom is 0.417 e. The molecule has 2 aliphatic rings. The summed E-state index contributed by atoms with van der Waals surface area (Å²) in [5.41, 5.74) is 7.18. The number of aromatic nitrogens is 2. The Hall–Kier alpha value is -4.63. The lowest BCUT2D eigenvalue weighted by atomic mass is 9.87. The molecule has 5 N–H and O–H groups in total. The predicted molar refractivity (Wildman–Crippen MR) is 213 cm³/mol. The number of pyridine rings is 2. The Morgan fingerprint density at radius 2 is 1.70 bits per heavy atom. The smallest absolute Gasteiger partial charge is 0.417 e. The minimum absolute atomic E-state index is 0.108. The molecule has 56 heavy (non-hydrogen) atoms. The Kier molecular flexibility index (Phi) is 11.9. The third-order valence-corrected chi connectivity index (χ3v) is 11.5. The normalized spacial score (nSPS) is 19.1. The van der Waals surface area contributed by atoms with Gasteiger partial charge in [0.1, 0.15) is 18.2 Å². The first-order chi connectivity index (χ1) is 26.0. The number of nitriles is 2. The van der Waals surface area contributed by atoms with E-state index in [0.717, 1.165) is 12.8 Å². The van der Waals surface area contributed by atoms with Crippen molar-refractivity contribution in [3.8, 4) is 12.1 Å². The van der Waals surface area contributed by atoms with E-state index in [1.165, 1.54) is 29.3 Å². The van der Waals surface area contributed by atoms with Crippen LogP contribution in [0.4, 0.5) is 20.6 Å². The molecule has 0 spiro atoms. The van der Waals surface area contributed by atoms with Crippen molar-refractivity contribution in [2.24, 2.45) is 22.9 Å². The molecule has 2 fully saturated rings. The highest BCUT2D eigenvalue weighted by Crippen LogP contribution is 2.69. The minimum Gasteiger partial charge on any atom is -0.421 e.